The van der Waals surface area contributed by atoms with Crippen LogP contribution in [0.25, 0.3) is 0 Å². The quantitative estimate of drug-likeness (QED) is 0.768. The predicted molar refractivity (Wildman–Crippen MR) is 102 cm³/mol. The molecule has 8 heteroatoms. The molecule has 0 bridgehead atoms. The van der Waals surface area contributed by atoms with Crippen LogP contribution in [0.4, 0.5) is 21.9 Å². The Balaban J connectivity index is 1.68. The highest BCUT2D eigenvalue weighted by atomic mass is 35.5. The van der Waals surface area contributed by atoms with E-state index in [9.17, 15) is 9.59 Å². The molecule has 0 aliphatic carbocycles. The van der Waals surface area contributed by atoms with Crippen molar-refractivity contribution in [3.8, 4) is 5.75 Å². The number of benzene rings is 2. The lowest BCUT2D eigenvalue weighted by Gasteiger charge is -2.21. The van der Waals surface area contributed by atoms with Crippen molar-refractivity contribution in [1.29, 1.82) is 0 Å². The van der Waals surface area contributed by atoms with Gasteiger partial charge in [0.25, 0.3) is 5.91 Å². The van der Waals surface area contributed by atoms with Crippen LogP contribution in [0.15, 0.2) is 36.4 Å². The van der Waals surface area contributed by atoms with Gasteiger partial charge in [0.2, 0.25) is 0 Å². The van der Waals surface area contributed by atoms with Crippen LogP contribution in [-0.4, -0.2) is 32.6 Å². The molecular weight excluding hydrogens is 356 g/mol. The van der Waals surface area contributed by atoms with Crippen LogP contribution < -0.4 is 25.6 Å². The highest BCUT2D eigenvalue weighted by molar-refractivity contribution is 6.30. The first kappa shape index (κ1) is 17.9. The number of para-hydroxylation sites is 1. The fraction of sp³-hybridized carbons (Fsp3) is 0.222. The second-order valence-corrected chi connectivity index (χ2v) is 6.43. The van der Waals surface area contributed by atoms with Crippen LogP contribution in [0.1, 0.15) is 5.56 Å². The van der Waals surface area contributed by atoms with E-state index in [1.807, 2.05) is 31.1 Å². The molecule has 136 valence electrons. The van der Waals surface area contributed by atoms with Gasteiger partial charge < -0.3 is 25.6 Å². The second kappa shape index (κ2) is 7.53. The Kier molecular flexibility index (Phi) is 5.18. The molecule has 0 fully saturated rings. The molecule has 3 N–H and O–H groups in total. The maximum absolute atomic E-state index is 12.3. The summed E-state index contributed by atoms with van der Waals surface area (Å²) < 4.78 is 5.42. The maximum Gasteiger partial charge on any atom is 0.319 e. The van der Waals surface area contributed by atoms with Crippen molar-refractivity contribution in [2.24, 2.45) is 0 Å². The van der Waals surface area contributed by atoms with Crippen molar-refractivity contribution in [3.05, 3.63) is 47.0 Å². The summed E-state index contributed by atoms with van der Waals surface area (Å²) in [5.74, 6) is 0.223. The molecule has 2 aromatic rings. The number of anilines is 3. The number of ether oxygens (including phenoxy) is 1. The molecule has 3 rings (SSSR count). The van der Waals surface area contributed by atoms with E-state index in [1.165, 1.54) is 0 Å². The number of halogens is 1. The average Bonchev–Trinajstić information content (AvgIpc) is 2.60. The smallest absolute Gasteiger partial charge is 0.319 e. The Hall–Kier alpha value is -2.93. The molecule has 0 atom stereocenters. The van der Waals surface area contributed by atoms with Gasteiger partial charge in [-0.05, 0) is 29.8 Å². The van der Waals surface area contributed by atoms with Crippen molar-refractivity contribution in [1.82, 2.24) is 5.32 Å². The molecule has 0 spiro atoms. The SMILES string of the molecule is CN(C)c1cc(Cl)ccc1CNC(=O)Nc1cccc2c1OCC(=O)N2. The Morgan fingerprint density at radius 3 is 2.88 bits per heavy atom. The van der Waals surface area contributed by atoms with Crippen molar-refractivity contribution in [2.45, 2.75) is 6.54 Å². The van der Waals surface area contributed by atoms with Gasteiger partial charge in [-0.15, -0.1) is 0 Å². The van der Waals surface area contributed by atoms with E-state index < -0.39 is 0 Å². The molecule has 7 nitrogen and oxygen atoms in total. The predicted octanol–water partition coefficient (Wildman–Crippen LogP) is 3.06. The summed E-state index contributed by atoms with van der Waals surface area (Å²) in [7, 11) is 3.83. The molecule has 26 heavy (non-hydrogen) atoms. The summed E-state index contributed by atoms with van der Waals surface area (Å²) in [6.45, 7) is 0.257. The van der Waals surface area contributed by atoms with Gasteiger partial charge in [0, 0.05) is 31.4 Å². The van der Waals surface area contributed by atoms with E-state index in [2.05, 4.69) is 16.0 Å². The van der Waals surface area contributed by atoms with E-state index in [1.54, 1.807) is 24.3 Å². The molecule has 1 aliphatic rings. The summed E-state index contributed by atoms with van der Waals surface area (Å²) in [4.78, 5) is 25.6. The molecular formula is C18H19ClN4O3. The number of urea groups is 1. The van der Waals surface area contributed by atoms with Gasteiger partial charge in [-0.1, -0.05) is 23.7 Å². The third-order valence-electron chi connectivity index (χ3n) is 3.85. The molecule has 0 saturated carbocycles. The van der Waals surface area contributed by atoms with Gasteiger partial charge in [0.15, 0.2) is 12.4 Å². The molecule has 1 aliphatic heterocycles. The lowest BCUT2D eigenvalue weighted by Crippen LogP contribution is -2.30. The number of hydrogen-bond acceptors (Lipinski definition) is 4. The number of rotatable bonds is 4. The molecule has 0 radical (unpaired) electrons. The van der Waals surface area contributed by atoms with Crippen molar-refractivity contribution in [2.75, 3.05) is 36.2 Å². The molecule has 0 aromatic heterocycles. The van der Waals surface area contributed by atoms with E-state index in [-0.39, 0.29) is 18.5 Å². The summed E-state index contributed by atoms with van der Waals surface area (Å²) in [6.07, 6.45) is 0. The highest BCUT2D eigenvalue weighted by Gasteiger charge is 2.20. The Morgan fingerprint density at radius 2 is 2.12 bits per heavy atom. The van der Waals surface area contributed by atoms with Crippen LogP contribution in [-0.2, 0) is 11.3 Å². The fourth-order valence-electron chi connectivity index (χ4n) is 2.66. The van der Waals surface area contributed by atoms with Gasteiger partial charge in [-0.2, -0.15) is 0 Å². The van der Waals surface area contributed by atoms with E-state index in [0.29, 0.717) is 28.7 Å². The van der Waals surface area contributed by atoms with E-state index in [0.717, 1.165) is 11.3 Å². The van der Waals surface area contributed by atoms with E-state index >= 15 is 0 Å². The minimum atomic E-state index is -0.376. The zero-order chi connectivity index (χ0) is 18.7. The molecule has 2 aromatic carbocycles. The van der Waals surface area contributed by atoms with Crippen LogP contribution in [0, 0.1) is 0 Å². The first-order valence-corrected chi connectivity index (χ1v) is 8.38. The fourth-order valence-corrected chi connectivity index (χ4v) is 2.82. The third kappa shape index (κ3) is 4.00. The highest BCUT2D eigenvalue weighted by Crippen LogP contribution is 2.35. The summed E-state index contributed by atoms with van der Waals surface area (Å²) in [6, 6.07) is 10.3. The first-order valence-electron chi connectivity index (χ1n) is 8.00. The number of nitrogens with one attached hydrogen (secondary N) is 3. The molecule has 3 amide bonds. The zero-order valence-electron chi connectivity index (χ0n) is 14.4. The van der Waals surface area contributed by atoms with Crippen molar-refractivity contribution in [3.63, 3.8) is 0 Å². The number of hydrogen-bond donors (Lipinski definition) is 3. The lowest BCUT2D eigenvalue weighted by molar-refractivity contribution is -0.118. The maximum atomic E-state index is 12.3. The van der Waals surface area contributed by atoms with Crippen molar-refractivity contribution < 1.29 is 14.3 Å². The number of nitrogens with zero attached hydrogens (tertiary/aromatic N) is 1. The van der Waals surface area contributed by atoms with Crippen molar-refractivity contribution >= 4 is 40.6 Å². The number of carbonyl (C=O) groups is 2. The zero-order valence-corrected chi connectivity index (χ0v) is 15.2. The summed E-state index contributed by atoms with van der Waals surface area (Å²) in [5, 5.41) is 8.90. The molecule has 0 saturated heterocycles. The van der Waals surface area contributed by atoms with Gasteiger partial charge in [0.05, 0.1) is 11.4 Å². The minimum absolute atomic E-state index is 0.0791. The van der Waals surface area contributed by atoms with Crippen LogP contribution in [0.2, 0.25) is 5.02 Å². The number of carbonyl (C=O) groups excluding carboxylic acids is 2. The third-order valence-corrected chi connectivity index (χ3v) is 4.09. The molecule has 1 heterocycles. The monoisotopic (exact) mass is 374 g/mol. The van der Waals surface area contributed by atoms with Gasteiger partial charge in [-0.3, -0.25) is 4.79 Å². The first-order chi connectivity index (χ1) is 12.4. The lowest BCUT2D eigenvalue weighted by atomic mass is 10.1. The largest absolute Gasteiger partial charge is 0.479 e. The Bertz CT molecular complexity index is 854. The van der Waals surface area contributed by atoms with Crippen LogP contribution in [0.3, 0.4) is 0 Å². The topological polar surface area (TPSA) is 82.7 Å². The van der Waals surface area contributed by atoms with Gasteiger partial charge in [0.1, 0.15) is 0 Å². The number of fused-ring (bicyclic) bond motifs is 1. The Labute approximate surface area is 156 Å². The minimum Gasteiger partial charge on any atom is -0.479 e. The standard InChI is InChI=1S/C18H19ClN4O3/c1-23(2)15-8-12(19)7-6-11(15)9-20-18(25)22-14-5-3-4-13-17(14)26-10-16(24)21-13/h3-8H,9-10H2,1-2H3,(H,21,24)(H2,20,22,25). The average molecular weight is 375 g/mol. The second-order valence-electron chi connectivity index (χ2n) is 5.99. The molecule has 0 unspecified atom stereocenters. The van der Waals surface area contributed by atoms with Gasteiger partial charge in [-0.25, -0.2) is 4.79 Å². The summed E-state index contributed by atoms with van der Waals surface area (Å²) >= 11 is 6.04. The van der Waals surface area contributed by atoms with Crippen LogP contribution in [0.5, 0.6) is 5.75 Å². The normalized spacial score (nSPS) is 12.5. The Morgan fingerprint density at radius 1 is 1.31 bits per heavy atom. The van der Waals surface area contributed by atoms with E-state index in [4.69, 9.17) is 16.3 Å². The van der Waals surface area contributed by atoms with Gasteiger partial charge >= 0.3 is 6.03 Å². The summed E-state index contributed by atoms with van der Waals surface area (Å²) in [5.41, 5.74) is 2.89. The van der Waals surface area contributed by atoms with Crippen LogP contribution >= 0.6 is 11.6 Å². The number of amides is 3.